The molecule has 0 saturated carbocycles. The molecule has 0 amide bonds. The van der Waals surface area contributed by atoms with Crippen LogP contribution < -0.4 is 5.46 Å². The van der Waals surface area contributed by atoms with Gasteiger partial charge in [-0.25, -0.2) is 0 Å². The maximum Gasteiger partial charge on any atom is 0.496 e. The lowest BCUT2D eigenvalue weighted by Gasteiger charge is -2.32. The van der Waals surface area contributed by atoms with E-state index in [1.165, 1.54) is 5.56 Å². The van der Waals surface area contributed by atoms with Gasteiger partial charge >= 0.3 is 7.12 Å². The molecular formula is C14H20BNO3. The summed E-state index contributed by atoms with van der Waals surface area (Å²) in [5, 5.41) is 0. The summed E-state index contributed by atoms with van der Waals surface area (Å²) in [7, 11) is -0.328. The third-order valence-electron chi connectivity index (χ3n) is 4.44. The van der Waals surface area contributed by atoms with Crippen molar-refractivity contribution in [2.75, 3.05) is 6.61 Å². The first kappa shape index (κ1) is 13.1. The summed E-state index contributed by atoms with van der Waals surface area (Å²) in [6.45, 7) is 9.66. The van der Waals surface area contributed by atoms with Crippen molar-refractivity contribution in [1.29, 1.82) is 0 Å². The Morgan fingerprint density at radius 3 is 2.47 bits per heavy atom. The van der Waals surface area contributed by atoms with E-state index in [0.717, 1.165) is 24.1 Å². The molecule has 19 heavy (non-hydrogen) atoms. The first-order valence-corrected chi connectivity index (χ1v) is 6.80. The summed E-state index contributed by atoms with van der Waals surface area (Å²) in [6.07, 6.45) is 4.65. The third-order valence-corrected chi connectivity index (χ3v) is 4.44. The molecule has 0 bridgehead atoms. The summed E-state index contributed by atoms with van der Waals surface area (Å²) in [4.78, 5) is 4.30. The van der Waals surface area contributed by atoms with E-state index in [9.17, 15) is 0 Å². The maximum absolute atomic E-state index is 6.11. The fraction of sp³-hybridized carbons (Fsp3) is 0.643. The Labute approximate surface area is 114 Å². The average Bonchev–Trinajstić information content (AvgIpc) is 2.58. The number of pyridine rings is 1. The Balaban J connectivity index is 1.96. The second kappa shape index (κ2) is 4.30. The van der Waals surface area contributed by atoms with Gasteiger partial charge in [0.05, 0.1) is 24.4 Å². The lowest BCUT2D eigenvalue weighted by atomic mass is 9.75. The number of ether oxygens (including phenoxy) is 1. The number of hydrogen-bond acceptors (Lipinski definition) is 4. The Kier molecular flexibility index (Phi) is 2.96. The second-order valence-electron chi connectivity index (χ2n) is 6.26. The molecule has 0 spiro atoms. The average molecular weight is 261 g/mol. The molecule has 0 aliphatic carbocycles. The Hall–Kier alpha value is -0.905. The molecule has 3 rings (SSSR count). The molecule has 2 aliphatic heterocycles. The second-order valence-corrected chi connectivity index (χ2v) is 6.26. The molecule has 1 aromatic heterocycles. The van der Waals surface area contributed by atoms with Crippen LogP contribution in [0.3, 0.4) is 0 Å². The molecule has 0 unspecified atom stereocenters. The van der Waals surface area contributed by atoms with Crippen molar-refractivity contribution in [1.82, 2.24) is 4.98 Å². The predicted octanol–water partition coefficient (Wildman–Crippen LogP) is 1.45. The summed E-state index contributed by atoms with van der Waals surface area (Å²) in [5.74, 6) is 0. The van der Waals surface area contributed by atoms with Crippen LogP contribution in [-0.4, -0.2) is 29.9 Å². The zero-order valence-corrected chi connectivity index (χ0v) is 12.0. The van der Waals surface area contributed by atoms with Gasteiger partial charge < -0.3 is 14.0 Å². The van der Waals surface area contributed by atoms with Crippen LogP contribution in [0.4, 0.5) is 0 Å². The topological polar surface area (TPSA) is 40.6 Å². The van der Waals surface area contributed by atoms with Crippen molar-refractivity contribution >= 4 is 12.6 Å². The summed E-state index contributed by atoms with van der Waals surface area (Å²) >= 11 is 0. The molecule has 0 N–H and O–H groups in total. The van der Waals surface area contributed by atoms with Gasteiger partial charge in [0.15, 0.2) is 0 Å². The minimum atomic E-state index is -0.328. The van der Waals surface area contributed by atoms with E-state index in [1.54, 1.807) is 0 Å². The molecule has 2 aliphatic rings. The van der Waals surface area contributed by atoms with Crippen molar-refractivity contribution in [3.05, 3.63) is 23.5 Å². The van der Waals surface area contributed by atoms with E-state index >= 15 is 0 Å². The van der Waals surface area contributed by atoms with Gasteiger partial charge in [-0.15, -0.1) is 0 Å². The van der Waals surface area contributed by atoms with Crippen molar-refractivity contribution < 1.29 is 14.0 Å². The highest BCUT2D eigenvalue weighted by Crippen LogP contribution is 2.36. The van der Waals surface area contributed by atoms with Crippen molar-refractivity contribution in [2.45, 2.75) is 51.9 Å². The first-order valence-electron chi connectivity index (χ1n) is 6.80. The van der Waals surface area contributed by atoms with Gasteiger partial charge in [0.1, 0.15) is 0 Å². The number of nitrogens with zero attached hydrogens (tertiary/aromatic N) is 1. The maximum atomic E-state index is 6.11. The largest absolute Gasteiger partial charge is 0.496 e. The van der Waals surface area contributed by atoms with Gasteiger partial charge in [-0.05, 0) is 45.2 Å². The van der Waals surface area contributed by atoms with Gasteiger partial charge in [0, 0.05) is 17.9 Å². The number of fused-ring (bicyclic) bond motifs is 1. The molecule has 5 heteroatoms. The zero-order valence-electron chi connectivity index (χ0n) is 12.0. The molecule has 1 saturated heterocycles. The van der Waals surface area contributed by atoms with Crippen LogP contribution in [0.25, 0.3) is 0 Å². The molecule has 1 fully saturated rings. The highest BCUT2D eigenvalue weighted by Gasteiger charge is 2.52. The SMILES string of the molecule is CC1(C)OB(c2cncc3c2CCOC3)OC1(C)C. The first-order chi connectivity index (χ1) is 8.91. The highest BCUT2D eigenvalue weighted by molar-refractivity contribution is 6.62. The van der Waals surface area contributed by atoms with Crippen molar-refractivity contribution in [2.24, 2.45) is 0 Å². The van der Waals surface area contributed by atoms with Crippen LogP contribution in [0.1, 0.15) is 38.8 Å². The fourth-order valence-corrected chi connectivity index (χ4v) is 2.51. The molecule has 0 atom stereocenters. The highest BCUT2D eigenvalue weighted by atomic mass is 16.7. The molecule has 0 aromatic carbocycles. The normalized spacial score (nSPS) is 24.3. The van der Waals surface area contributed by atoms with Gasteiger partial charge in [-0.3, -0.25) is 4.98 Å². The van der Waals surface area contributed by atoms with Gasteiger partial charge in [-0.2, -0.15) is 0 Å². The molecule has 0 radical (unpaired) electrons. The van der Waals surface area contributed by atoms with E-state index in [1.807, 2.05) is 12.4 Å². The molecular weight excluding hydrogens is 241 g/mol. The van der Waals surface area contributed by atoms with Crippen LogP contribution in [0.5, 0.6) is 0 Å². The van der Waals surface area contributed by atoms with Crippen LogP contribution >= 0.6 is 0 Å². The van der Waals surface area contributed by atoms with Crippen LogP contribution in [-0.2, 0) is 27.1 Å². The van der Waals surface area contributed by atoms with Gasteiger partial charge in [0.2, 0.25) is 0 Å². The molecule has 1 aromatic rings. The Morgan fingerprint density at radius 1 is 1.11 bits per heavy atom. The van der Waals surface area contributed by atoms with Crippen LogP contribution in [0.2, 0.25) is 0 Å². The molecule has 3 heterocycles. The quantitative estimate of drug-likeness (QED) is 0.717. The Morgan fingerprint density at radius 2 is 1.79 bits per heavy atom. The Bertz CT molecular complexity index is 485. The van der Waals surface area contributed by atoms with E-state index in [0.29, 0.717) is 6.61 Å². The smallest absolute Gasteiger partial charge is 0.399 e. The van der Waals surface area contributed by atoms with E-state index in [2.05, 4.69) is 32.7 Å². The van der Waals surface area contributed by atoms with Crippen molar-refractivity contribution in [3.8, 4) is 0 Å². The van der Waals surface area contributed by atoms with Gasteiger partial charge in [0.25, 0.3) is 0 Å². The predicted molar refractivity (Wildman–Crippen MR) is 73.3 cm³/mol. The van der Waals surface area contributed by atoms with E-state index in [4.69, 9.17) is 14.0 Å². The standard InChI is InChI=1S/C14H20BNO3/c1-13(2)14(3,4)19-15(18-13)12-8-16-7-10-9-17-6-5-11(10)12/h7-8H,5-6,9H2,1-4H3. The summed E-state index contributed by atoms with van der Waals surface area (Å²) in [6, 6.07) is 0. The third kappa shape index (κ3) is 2.10. The minimum absolute atomic E-state index is 0.314. The zero-order chi connectivity index (χ0) is 13.7. The molecule has 4 nitrogen and oxygen atoms in total. The van der Waals surface area contributed by atoms with E-state index in [-0.39, 0.29) is 18.3 Å². The lowest BCUT2D eigenvalue weighted by molar-refractivity contribution is 0.00578. The van der Waals surface area contributed by atoms with Gasteiger partial charge in [-0.1, -0.05) is 0 Å². The van der Waals surface area contributed by atoms with E-state index < -0.39 is 0 Å². The summed E-state index contributed by atoms with van der Waals surface area (Å²) in [5.41, 5.74) is 2.86. The minimum Gasteiger partial charge on any atom is -0.399 e. The fourth-order valence-electron chi connectivity index (χ4n) is 2.51. The van der Waals surface area contributed by atoms with Crippen molar-refractivity contribution in [3.63, 3.8) is 0 Å². The number of hydrogen-bond donors (Lipinski definition) is 0. The molecule has 102 valence electrons. The number of rotatable bonds is 1. The van der Waals surface area contributed by atoms with Crippen LogP contribution in [0.15, 0.2) is 12.4 Å². The number of aromatic nitrogens is 1. The summed E-state index contributed by atoms with van der Waals surface area (Å²) < 4.78 is 17.7. The lowest BCUT2D eigenvalue weighted by Crippen LogP contribution is -2.41. The van der Waals surface area contributed by atoms with Crippen LogP contribution in [0, 0.1) is 0 Å². The monoisotopic (exact) mass is 261 g/mol.